The fraction of sp³-hybridized carbons (Fsp3) is 0.417. The molecule has 1 aromatic carbocycles. The Morgan fingerprint density at radius 3 is 2.47 bits per heavy atom. The first-order valence-electron chi connectivity index (χ1n) is 5.54. The van der Waals surface area contributed by atoms with Crippen LogP contribution in [0.2, 0.25) is 0 Å². The van der Waals surface area contributed by atoms with Crippen LogP contribution < -0.4 is 5.32 Å². The maximum Gasteiger partial charge on any atom is 0.254 e. The number of nitrogens with one attached hydrogen (secondary N) is 1. The van der Waals surface area contributed by atoms with Gasteiger partial charge in [0.05, 0.1) is 5.56 Å². The van der Waals surface area contributed by atoms with Gasteiger partial charge in [0.15, 0.2) is 17.4 Å². The third kappa shape index (κ3) is 3.62. The largest absolute Gasteiger partial charge is 0.503 e. The number of hydrogen-bond acceptors (Lipinski definition) is 2. The second-order valence-electron chi connectivity index (χ2n) is 4.35. The molecule has 0 aliphatic rings. The van der Waals surface area contributed by atoms with Crippen molar-refractivity contribution in [2.24, 2.45) is 5.92 Å². The van der Waals surface area contributed by atoms with Crippen molar-refractivity contribution in [2.45, 2.75) is 18.7 Å². The van der Waals surface area contributed by atoms with Gasteiger partial charge >= 0.3 is 0 Å². The van der Waals surface area contributed by atoms with Crippen LogP contribution in [0, 0.1) is 23.4 Å². The van der Waals surface area contributed by atoms with Gasteiger partial charge < -0.3 is 10.4 Å². The van der Waals surface area contributed by atoms with Gasteiger partial charge in [0, 0.05) is 11.4 Å². The molecule has 1 unspecified atom stereocenters. The topological polar surface area (TPSA) is 49.3 Å². The van der Waals surface area contributed by atoms with Crippen molar-refractivity contribution in [3.8, 4) is 5.75 Å². The van der Waals surface area contributed by atoms with Crippen LogP contribution in [-0.4, -0.2) is 22.4 Å². The quantitative estimate of drug-likeness (QED) is 0.654. The Kier molecular flexibility index (Phi) is 5.22. The maximum atomic E-state index is 13.4. The average molecular weight is 340 g/mol. The summed E-state index contributed by atoms with van der Waals surface area (Å²) in [4.78, 5) is 11.6. The van der Waals surface area contributed by atoms with Crippen molar-refractivity contribution >= 4 is 21.8 Å². The van der Waals surface area contributed by atoms with Gasteiger partial charge in [0.2, 0.25) is 5.82 Å². The summed E-state index contributed by atoms with van der Waals surface area (Å²) < 4.78 is 39.3. The molecule has 0 radical (unpaired) electrons. The van der Waals surface area contributed by atoms with Crippen molar-refractivity contribution in [2.75, 3.05) is 6.54 Å². The van der Waals surface area contributed by atoms with Crippen LogP contribution in [0.1, 0.15) is 24.2 Å². The van der Waals surface area contributed by atoms with E-state index in [1.54, 1.807) is 0 Å². The van der Waals surface area contributed by atoms with E-state index in [9.17, 15) is 18.0 Å². The van der Waals surface area contributed by atoms with Gasteiger partial charge in [0.25, 0.3) is 5.91 Å². The SMILES string of the molecule is CC(C)C(Br)CNC(=O)c1cc(F)c(F)c(O)c1F. The Hall–Kier alpha value is -1.24. The normalized spacial score (nSPS) is 12.6. The van der Waals surface area contributed by atoms with Gasteiger partial charge in [-0.2, -0.15) is 4.39 Å². The van der Waals surface area contributed by atoms with E-state index in [1.807, 2.05) is 13.8 Å². The van der Waals surface area contributed by atoms with Gasteiger partial charge in [-0.25, -0.2) is 8.78 Å². The summed E-state index contributed by atoms with van der Waals surface area (Å²) in [5.74, 6) is -6.87. The molecule has 0 bridgehead atoms. The Balaban J connectivity index is 2.89. The standard InChI is InChI=1S/C12H13BrF3NO2/c1-5(2)7(13)4-17-12(19)6-3-8(14)10(16)11(18)9(6)15/h3,5,7,18H,4H2,1-2H3,(H,17,19). The molecule has 0 heterocycles. The molecule has 1 amide bonds. The summed E-state index contributed by atoms with van der Waals surface area (Å²) in [5, 5.41) is 11.4. The number of carbonyl (C=O) groups is 1. The van der Waals surface area contributed by atoms with Crippen LogP contribution in [0.3, 0.4) is 0 Å². The van der Waals surface area contributed by atoms with Gasteiger partial charge in [0.1, 0.15) is 0 Å². The zero-order valence-corrected chi connectivity index (χ0v) is 11.9. The number of benzene rings is 1. The number of phenolic OH excluding ortho intramolecular Hbond substituents is 1. The van der Waals surface area contributed by atoms with Crippen LogP contribution in [0.15, 0.2) is 6.07 Å². The minimum absolute atomic E-state index is 0.0431. The van der Waals surface area contributed by atoms with Crippen molar-refractivity contribution in [1.82, 2.24) is 5.32 Å². The highest BCUT2D eigenvalue weighted by Crippen LogP contribution is 2.25. The molecule has 19 heavy (non-hydrogen) atoms. The highest BCUT2D eigenvalue weighted by atomic mass is 79.9. The number of halogens is 4. The molecular weight excluding hydrogens is 327 g/mol. The number of phenols is 1. The van der Waals surface area contributed by atoms with Crippen molar-refractivity contribution in [3.05, 3.63) is 29.1 Å². The number of carbonyl (C=O) groups excluding carboxylic acids is 1. The highest BCUT2D eigenvalue weighted by molar-refractivity contribution is 9.09. The van der Waals surface area contributed by atoms with E-state index < -0.39 is 34.7 Å². The van der Waals surface area contributed by atoms with Crippen LogP contribution in [0.25, 0.3) is 0 Å². The number of aromatic hydroxyl groups is 1. The van der Waals surface area contributed by atoms with E-state index in [-0.39, 0.29) is 17.3 Å². The predicted octanol–water partition coefficient (Wildman–Crippen LogP) is 2.96. The van der Waals surface area contributed by atoms with Crippen LogP contribution in [0.4, 0.5) is 13.2 Å². The van der Waals surface area contributed by atoms with E-state index in [1.165, 1.54) is 0 Å². The van der Waals surface area contributed by atoms with Crippen LogP contribution in [-0.2, 0) is 0 Å². The Morgan fingerprint density at radius 2 is 1.95 bits per heavy atom. The van der Waals surface area contributed by atoms with Gasteiger partial charge in [-0.15, -0.1) is 0 Å². The second kappa shape index (κ2) is 6.27. The molecule has 0 spiro atoms. The molecule has 0 saturated carbocycles. The lowest BCUT2D eigenvalue weighted by atomic mass is 10.1. The van der Waals surface area contributed by atoms with Crippen molar-refractivity contribution in [1.29, 1.82) is 0 Å². The molecule has 7 heteroatoms. The van der Waals surface area contributed by atoms with E-state index in [4.69, 9.17) is 5.11 Å². The third-order valence-electron chi connectivity index (χ3n) is 2.56. The first-order valence-corrected chi connectivity index (χ1v) is 6.46. The fourth-order valence-electron chi connectivity index (χ4n) is 1.28. The molecule has 106 valence electrons. The summed E-state index contributed by atoms with van der Waals surface area (Å²) in [5.41, 5.74) is -0.736. The van der Waals surface area contributed by atoms with Gasteiger partial charge in [-0.05, 0) is 12.0 Å². The number of rotatable bonds is 4. The molecule has 0 fully saturated rings. The summed E-state index contributed by atoms with van der Waals surface area (Å²) in [6.07, 6.45) is 0. The van der Waals surface area contributed by atoms with E-state index in [0.29, 0.717) is 6.07 Å². The zero-order valence-electron chi connectivity index (χ0n) is 10.3. The van der Waals surface area contributed by atoms with E-state index in [2.05, 4.69) is 21.2 Å². The van der Waals surface area contributed by atoms with E-state index in [0.717, 1.165) is 0 Å². The third-order valence-corrected chi connectivity index (χ3v) is 3.94. The minimum atomic E-state index is -1.71. The van der Waals surface area contributed by atoms with Crippen molar-refractivity contribution < 1.29 is 23.1 Å². The fourth-order valence-corrected chi connectivity index (χ4v) is 1.44. The average Bonchev–Trinajstić information content (AvgIpc) is 2.37. The number of hydrogen-bond donors (Lipinski definition) is 2. The van der Waals surface area contributed by atoms with Crippen molar-refractivity contribution in [3.63, 3.8) is 0 Å². The first kappa shape index (κ1) is 15.8. The molecule has 0 aliphatic heterocycles. The molecule has 1 rings (SSSR count). The van der Waals surface area contributed by atoms with Gasteiger partial charge in [-0.1, -0.05) is 29.8 Å². The molecular formula is C12H13BrF3NO2. The monoisotopic (exact) mass is 339 g/mol. The molecule has 0 saturated heterocycles. The van der Waals surface area contributed by atoms with Gasteiger partial charge in [-0.3, -0.25) is 4.79 Å². The van der Waals surface area contributed by atoms with Crippen LogP contribution >= 0.6 is 15.9 Å². The molecule has 2 N–H and O–H groups in total. The molecule has 0 aromatic heterocycles. The molecule has 3 nitrogen and oxygen atoms in total. The summed E-state index contributed by atoms with van der Waals surface area (Å²) >= 11 is 3.31. The summed E-state index contributed by atoms with van der Waals surface area (Å²) in [7, 11) is 0. The van der Waals surface area contributed by atoms with E-state index >= 15 is 0 Å². The lowest BCUT2D eigenvalue weighted by Crippen LogP contribution is -2.32. The predicted molar refractivity (Wildman–Crippen MR) is 67.9 cm³/mol. The molecule has 1 aromatic rings. The molecule has 1 atom stereocenters. The number of amides is 1. The Bertz CT molecular complexity index is 494. The van der Waals surface area contributed by atoms with Crippen LogP contribution in [0.5, 0.6) is 5.75 Å². The first-order chi connectivity index (χ1) is 8.75. The smallest absolute Gasteiger partial charge is 0.254 e. The Labute approximate surface area is 116 Å². The lowest BCUT2D eigenvalue weighted by molar-refractivity contribution is 0.0947. The lowest BCUT2D eigenvalue weighted by Gasteiger charge is -2.15. The summed E-state index contributed by atoms with van der Waals surface area (Å²) in [6.45, 7) is 4.01. The minimum Gasteiger partial charge on any atom is -0.503 e. The molecule has 0 aliphatic carbocycles. The highest BCUT2D eigenvalue weighted by Gasteiger charge is 2.22. The Morgan fingerprint density at radius 1 is 1.37 bits per heavy atom. The maximum absolute atomic E-state index is 13.4. The second-order valence-corrected chi connectivity index (χ2v) is 5.53. The number of alkyl halides is 1. The zero-order chi connectivity index (χ0) is 14.7. The summed E-state index contributed by atoms with van der Waals surface area (Å²) in [6, 6.07) is 0.415.